The number of nitrogen functional groups attached to an aromatic ring is 2. The lowest BCUT2D eigenvalue weighted by Crippen LogP contribution is -1.94. The fourth-order valence-corrected chi connectivity index (χ4v) is 2.21. The van der Waals surface area contributed by atoms with Crippen LogP contribution in [0.3, 0.4) is 0 Å². The van der Waals surface area contributed by atoms with Crippen LogP contribution < -0.4 is 16.2 Å². The van der Waals surface area contributed by atoms with Crippen LogP contribution >= 0.6 is 0 Å². The van der Waals surface area contributed by atoms with Crippen LogP contribution in [-0.4, -0.2) is 0 Å². The van der Waals surface area contributed by atoms with Crippen molar-refractivity contribution in [2.24, 2.45) is 0 Å². The van der Waals surface area contributed by atoms with Crippen LogP contribution in [0, 0.1) is 0 Å². The molecule has 0 unspecified atom stereocenters. The second-order valence-corrected chi connectivity index (χ2v) is 4.76. The van der Waals surface area contributed by atoms with Gasteiger partial charge in [-0.05, 0) is 42.0 Å². The summed E-state index contributed by atoms with van der Waals surface area (Å²) in [4.78, 5) is 0. The summed E-state index contributed by atoms with van der Waals surface area (Å²) in [5.41, 5.74) is 15.1. The molecule has 0 aliphatic carbocycles. The minimum atomic E-state index is 0.689. The van der Waals surface area contributed by atoms with Gasteiger partial charge in [0.15, 0.2) is 0 Å². The minimum Gasteiger partial charge on any atom is -0.457 e. The largest absolute Gasteiger partial charge is 0.457 e. The highest BCUT2D eigenvalue weighted by Crippen LogP contribution is 2.37. The lowest BCUT2D eigenvalue weighted by atomic mass is 10.0. The first-order valence-corrected chi connectivity index (χ1v) is 6.71. The van der Waals surface area contributed by atoms with Crippen molar-refractivity contribution in [2.75, 3.05) is 11.5 Å². The lowest BCUT2D eigenvalue weighted by molar-refractivity contribution is 0.485. The molecule has 0 bridgehead atoms. The Morgan fingerprint density at radius 2 is 1.38 bits per heavy atom. The molecule has 3 aromatic carbocycles. The van der Waals surface area contributed by atoms with E-state index in [0.717, 1.165) is 22.6 Å². The van der Waals surface area contributed by atoms with E-state index in [2.05, 4.69) is 0 Å². The minimum absolute atomic E-state index is 0.689. The summed E-state index contributed by atoms with van der Waals surface area (Å²) in [6.45, 7) is 0. The Balaban J connectivity index is 2.03. The maximum absolute atomic E-state index is 6.13. The molecule has 0 radical (unpaired) electrons. The monoisotopic (exact) mass is 276 g/mol. The summed E-state index contributed by atoms with van der Waals surface area (Å²) in [6.07, 6.45) is 0. The molecule has 0 aliphatic heterocycles. The molecule has 0 heterocycles. The van der Waals surface area contributed by atoms with Gasteiger partial charge in [0.2, 0.25) is 0 Å². The molecule has 104 valence electrons. The fraction of sp³-hybridized carbons (Fsp3) is 0. The van der Waals surface area contributed by atoms with E-state index in [1.807, 2.05) is 72.8 Å². The van der Waals surface area contributed by atoms with Crippen LogP contribution in [0.5, 0.6) is 11.5 Å². The Morgan fingerprint density at radius 1 is 0.667 bits per heavy atom. The van der Waals surface area contributed by atoms with Crippen LogP contribution in [0.4, 0.5) is 11.4 Å². The van der Waals surface area contributed by atoms with Crippen LogP contribution in [0.2, 0.25) is 0 Å². The fourth-order valence-electron chi connectivity index (χ4n) is 2.21. The standard InChI is InChI=1S/C18H16N2O/c19-14-9-11-15(12-10-14)21-17-8-4-7-16(20)18(17)13-5-2-1-3-6-13/h1-12H,19-20H2. The van der Waals surface area contributed by atoms with Crippen molar-refractivity contribution in [1.29, 1.82) is 0 Å². The summed E-state index contributed by atoms with van der Waals surface area (Å²) >= 11 is 0. The van der Waals surface area contributed by atoms with Crippen molar-refractivity contribution in [3.05, 3.63) is 72.8 Å². The van der Waals surface area contributed by atoms with Crippen molar-refractivity contribution in [3.63, 3.8) is 0 Å². The van der Waals surface area contributed by atoms with E-state index in [-0.39, 0.29) is 0 Å². The van der Waals surface area contributed by atoms with E-state index in [9.17, 15) is 0 Å². The lowest BCUT2D eigenvalue weighted by Gasteiger charge is -2.13. The molecule has 3 aromatic rings. The number of benzene rings is 3. The van der Waals surface area contributed by atoms with Gasteiger partial charge in [-0.3, -0.25) is 0 Å². The molecule has 4 N–H and O–H groups in total. The maximum Gasteiger partial charge on any atom is 0.137 e. The van der Waals surface area contributed by atoms with Gasteiger partial charge in [0.1, 0.15) is 11.5 Å². The number of nitrogens with two attached hydrogens (primary N) is 2. The van der Waals surface area contributed by atoms with E-state index >= 15 is 0 Å². The summed E-state index contributed by atoms with van der Waals surface area (Å²) in [6, 6.07) is 22.9. The number of hydrogen-bond donors (Lipinski definition) is 2. The van der Waals surface area contributed by atoms with Gasteiger partial charge in [-0.1, -0.05) is 36.4 Å². The van der Waals surface area contributed by atoms with Gasteiger partial charge in [-0.15, -0.1) is 0 Å². The van der Waals surface area contributed by atoms with Crippen LogP contribution in [-0.2, 0) is 0 Å². The molecule has 0 atom stereocenters. The van der Waals surface area contributed by atoms with Gasteiger partial charge in [-0.2, -0.15) is 0 Å². The Hall–Kier alpha value is -2.94. The third kappa shape index (κ3) is 2.82. The third-order valence-corrected chi connectivity index (χ3v) is 3.23. The van der Waals surface area contributed by atoms with E-state index in [1.54, 1.807) is 0 Å². The van der Waals surface area contributed by atoms with Crippen LogP contribution in [0.1, 0.15) is 0 Å². The summed E-state index contributed by atoms with van der Waals surface area (Å²) < 4.78 is 5.96. The van der Waals surface area contributed by atoms with Gasteiger partial charge in [0, 0.05) is 16.9 Å². The van der Waals surface area contributed by atoms with Crippen LogP contribution in [0.15, 0.2) is 72.8 Å². The first kappa shape index (κ1) is 13.1. The summed E-state index contributed by atoms with van der Waals surface area (Å²) in [5, 5.41) is 0. The van der Waals surface area contributed by atoms with Crippen molar-refractivity contribution < 1.29 is 4.74 Å². The van der Waals surface area contributed by atoms with Gasteiger partial charge in [0.05, 0.1) is 0 Å². The number of ether oxygens (including phenoxy) is 1. The van der Waals surface area contributed by atoms with E-state index in [4.69, 9.17) is 16.2 Å². The predicted octanol–water partition coefficient (Wildman–Crippen LogP) is 4.31. The van der Waals surface area contributed by atoms with Crippen molar-refractivity contribution in [1.82, 2.24) is 0 Å². The first-order valence-electron chi connectivity index (χ1n) is 6.71. The molecular formula is C18H16N2O. The third-order valence-electron chi connectivity index (χ3n) is 3.23. The average Bonchev–Trinajstić information content (AvgIpc) is 2.51. The number of anilines is 2. The first-order chi connectivity index (χ1) is 10.2. The van der Waals surface area contributed by atoms with E-state index in [1.165, 1.54) is 0 Å². The van der Waals surface area contributed by atoms with Gasteiger partial charge in [-0.25, -0.2) is 0 Å². The molecule has 0 saturated carbocycles. The molecule has 3 nitrogen and oxygen atoms in total. The van der Waals surface area contributed by atoms with Crippen LogP contribution in [0.25, 0.3) is 11.1 Å². The number of hydrogen-bond acceptors (Lipinski definition) is 3. The predicted molar refractivity (Wildman–Crippen MR) is 87.2 cm³/mol. The van der Waals surface area contributed by atoms with E-state index < -0.39 is 0 Å². The maximum atomic E-state index is 6.13. The zero-order valence-corrected chi connectivity index (χ0v) is 11.5. The van der Waals surface area contributed by atoms with Gasteiger partial charge >= 0.3 is 0 Å². The zero-order chi connectivity index (χ0) is 14.7. The highest BCUT2D eigenvalue weighted by molar-refractivity contribution is 5.82. The van der Waals surface area contributed by atoms with Crippen molar-refractivity contribution >= 4 is 11.4 Å². The molecule has 0 aromatic heterocycles. The molecule has 0 amide bonds. The average molecular weight is 276 g/mol. The van der Waals surface area contributed by atoms with Gasteiger partial charge < -0.3 is 16.2 Å². The molecule has 3 rings (SSSR count). The molecule has 0 fully saturated rings. The Kier molecular flexibility index (Phi) is 3.48. The molecule has 21 heavy (non-hydrogen) atoms. The molecular weight excluding hydrogens is 260 g/mol. The topological polar surface area (TPSA) is 61.3 Å². The Morgan fingerprint density at radius 3 is 2.10 bits per heavy atom. The Labute approximate surface area is 123 Å². The second kappa shape index (κ2) is 5.59. The molecule has 0 saturated heterocycles. The quantitative estimate of drug-likeness (QED) is 0.701. The Bertz CT molecular complexity index is 737. The highest BCUT2D eigenvalue weighted by Gasteiger charge is 2.10. The molecule has 0 aliphatic rings. The summed E-state index contributed by atoms with van der Waals surface area (Å²) in [5.74, 6) is 1.46. The van der Waals surface area contributed by atoms with Crippen molar-refractivity contribution in [3.8, 4) is 22.6 Å². The highest BCUT2D eigenvalue weighted by atomic mass is 16.5. The van der Waals surface area contributed by atoms with E-state index in [0.29, 0.717) is 11.4 Å². The summed E-state index contributed by atoms with van der Waals surface area (Å²) in [7, 11) is 0. The van der Waals surface area contributed by atoms with Gasteiger partial charge in [0.25, 0.3) is 0 Å². The number of rotatable bonds is 3. The molecule has 0 spiro atoms. The zero-order valence-electron chi connectivity index (χ0n) is 11.5. The smallest absolute Gasteiger partial charge is 0.137 e. The normalized spacial score (nSPS) is 10.3. The molecule has 3 heteroatoms. The second-order valence-electron chi connectivity index (χ2n) is 4.76. The SMILES string of the molecule is Nc1ccc(Oc2cccc(N)c2-c2ccccc2)cc1. The van der Waals surface area contributed by atoms with Crippen molar-refractivity contribution in [2.45, 2.75) is 0 Å².